The van der Waals surface area contributed by atoms with Gasteiger partial charge in [-0.05, 0) is 42.3 Å². The molecule has 0 atom stereocenters. The monoisotopic (exact) mass is 435 g/mol. The summed E-state index contributed by atoms with van der Waals surface area (Å²) in [6, 6.07) is 9.43. The minimum absolute atomic E-state index is 0.212. The van der Waals surface area contributed by atoms with Crippen LogP contribution >= 0.6 is 0 Å². The summed E-state index contributed by atoms with van der Waals surface area (Å²) < 4.78 is 13.5. The number of aromatic amines is 1. The first-order valence-corrected chi connectivity index (χ1v) is 10.1. The van der Waals surface area contributed by atoms with Crippen LogP contribution < -0.4 is 21.5 Å². The molecule has 4 heterocycles. The summed E-state index contributed by atoms with van der Waals surface area (Å²) in [6.45, 7) is 3.84. The molecule has 10 heteroatoms. The van der Waals surface area contributed by atoms with Gasteiger partial charge in [0.05, 0.1) is 12.2 Å². The van der Waals surface area contributed by atoms with Gasteiger partial charge in [-0.25, -0.2) is 9.97 Å². The number of hydrogen-bond acceptors (Lipinski definition) is 7. The van der Waals surface area contributed by atoms with Gasteiger partial charge < -0.3 is 20.9 Å². The largest absolute Gasteiger partial charge is 0.355 e. The van der Waals surface area contributed by atoms with E-state index < -0.39 is 5.95 Å². The van der Waals surface area contributed by atoms with Crippen LogP contribution in [0.4, 0.5) is 4.39 Å². The van der Waals surface area contributed by atoms with Crippen LogP contribution in [0.2, 0.25) is 0 Å². The number of nitrogens with one attached hydrogen (secondary N) is 4. The maximum Gasteiger partial charge on any atom is 0.270 e. The lowest BCUT2D eigenvalue weighted by Gasteiger charge is -2.12. The van der Waals surface area contributed by atoms with Crippen LogP contribution in [0.3, 0.4) is 0 Å². The predicted octanol–water partition coefficient (Wildman–Crippen LogP) is 1.26. The number of amides is 1. The summed E-state index contributed by atoms with van der Waals surface area (Å²) in [6.07, 6.45) is 1.55. The highest BCUT2D eigenvalue weighted by atomic mass is 19.1. The SMILES string of the molecule is Cc1nc(F)ccc1-c1cc(CNC2=NCCN2)cc(C(=O)NCc2ccc(=O)[nH]c2)n1. The molecule has 0 unspecified atom stereocenters. The van der Waals surface area contributed by atoms with E-state index in [1.165, 1.54) is 12.1 Å². The molecule has 9 nitrogen and oxygen atoms in total. The van der Waals surface area contributed by atoms with Gasteiger partial charge in [0.25, 0.3) is 5.91 Å². The van der Waals surface area contributed by atoms with Crippen LogP contribution in [0.5, 0.6) is 0 Å². The number of nitrogens with zero attached hydrogens (tertiary/aromatic N) is 3. The van der Waals surface area contributed by atoms with E-state index in [-0.39, 0.29) is 23.7 Å². The van der Waals surface area contributed by atoms with Gasteiger partial charge in [0.1, 0.15) is 5.69 Å². The Labute approximate surface area is 183 Å². The minimum atomic E-state index is -0.576. The van der Waals surface area contributed by atoms with Crippen LogP contribution in [-0.4, -0.2) is 39.9 Å². The Morgan fingerprint density at radius 2 is 2.00 bits per heavy atom. The highest BCUT2D eigenvalue weighted by Crippen LogP contribution is 2.22. The molecule has 1 amide bonds. The van der Waals surface area contributed by atoms with E-state index in [1.807, 2.05) is 6.07 Å². The molecule has 0 radical (unpaired) electrons. The fourth-order valence-electron chi connectivity index (χ4n) is 3.27. The molecular weight excluding hydrogens is 413 g/mol. The lowest BCUT2D eigenvalue weighted by molar-refractivity contribution is 0.0946. The maximum absolute atomic E-state index is 13.5. The molecule has 3 aromatic rings. The van der Waals surface area contributed by atoms with Crippen LogP contribution in [0, 0.1) is 12.9 Å². The Bertz CT molecular complexity index is 1220. The minimum Gasteiger partial charge on any atom is -0.355 e. The van der Waals surface area contributed by atoms with Crippen LogP contribution in [-0.2, 0) is 13.1 Å². The maximum atomic E-state index is 13.5. The molecule has 0 bridgehead atoms. The van der Waals surface area contributed by atoms with Gasteiger partial charge in [-0.1, -0.05) is 6.07 Å². The summed E-state index contributed by atoms with van der Waals surface area (Å²) >= 11 is 0. The number of aliphatic imine (C=N–C) groups is 1. The second-order valence-corrected chi connectivity index (χ2v) is 7.27. The molecule has 4 rings (SSSR count). The van der Waals surface area contributed by atoms with E-state index in [4.69, 9.17) is 0 Å². The van der Waals surface area contributed by atoms with Crippen molar-refractivity contribution in [2.45, 2.75) is 20.0 Å². The van der Waals surface area contributed by atoms with Gasteiger partial charge in [0.2, 0.25) is 11.5 Å². The Hall–Kier alpha value is -4.08. The number of halogens is 1. The zero-order valence-electron chi connectivity index (χ0n) is 17.4. The third kappa shape index (κ3) is 5.15. The van der Waals surface area contributed by atoms with Crippen molar-refractivity contribution in [3.63, 3.8) is 0 Å². The molecule has 3 aromatic heterocycles. The molecule has 1 aliphatic rings. The molecule has 0 aliphatic carbocycles. The van der Waals surface area contributed by atoms with Gasteiger partial charge in [0.15, 0.2) is 5.96 Å². The van der Waals surface area contributed by atoms with E-state index in [1.54, 1.807) is 31.3 Å². The van der Waals surface area contributed by atoms with Crippen molar-refractivity contribution in [2.75, 3.05) is 13.1 Å². The van der Waals surface area contributed by atoms with Crippen LogP contribution in [0.1, 0.15) is 27.3 Å². The Balaban J connectivity index is 1.60. The first-order chi connectivity index (χ1) is 15.5. The molecule has 4 N–H and O–H groups in total. The fourth-order valence-corrected chi connectivity index (χ4v) is 3.27. The topological polar surface area (TPSA) is 124 Å². The number of carbonyl (C=O) groups is 1. The molecule has 0 saturated carbocycles. The average molecular weight is 435 g/mol. The summed E-state index contributed by atoms with van der Waals surface area (Å²) in [7, 11) is 0. The van der Waals surface area contributed by atoms with E-state index in [9.17, 15) is 14.0 Å². The number of pyridine rings is 3. The van der Waals surface area contributed by atoms with Gasteiger partial charge in [-0.3, -0.25) is 14.6 Å². The number of H-pyrrole nitrogens is 1. The lowest BCUT2D eigenvalue weighted by Crippen LogP contribution is -2.33. The summed E-state index contributed by atoms with van der Waals surface area (Å²) in [5.74, 6) is -0.247. The number of aromatic nitrogens is 3. The van der Waals surface area contributed by atoms with Crippen molar-refractivity contribution in [2.24, 2.45) is 4.99 Å². The zero-order chi connectivity index (χ0) is 22.5. The molecule has 1 aliphatic heterocycles. The van der Waals surface area contributed by atoms with Crippen molar-refractivity contribution < 1.29 is 9.18 Å². The number of aryl methyl sites for hydroxylation is 1. The number of rotatable bonds is 6. The average Bonchev–Trinajstić information content (AvgIpc) is 3.30. The number of carbonyl (C=O) groups excluding carboxylic acids is 1. The predicted molar refractivity (Wildman–Crippen MR) is 118 cm³/mol. The highest BCUT2D eigenvalue weighted by molar-refractivity contribution is 5.93. The summed E-state index contributed by atoms with van der Waals surface area (Å²) in [4.78, 5) is 39.3. The van der Waals surface area contributed by atoms with Crippen molar-refractivity contribution in [1.29, 1.82) is 0 Å². The summed E-state index contributed by atoms with van der Waals surface area (Å²) in [5.41, 5.74) is 3.20. The molecule has 164 valence electrons. The smallest absolute Gasteiger partial charge is 0.270 e. The summed E-state index contributed by atoms with van der Waals surface area (Å²) in [5, 5.41) is 9.14. The first kappa shape index (κ1) is 21.2. The highest BCUT2D eigenvalue weighted by Gasteiger charge is 2.15. The standard InChI is InChI=1S/C22H22FN7O2/c1-13-16(3-4-19(23)29-13)17-8-15(12-28-22-24-6-7-25-22)9-18(30-17)21(32)27-11-14-2-5-20(31)26-10-14/h2-5,8-10H,6-7,11-12H2,1H3,(H,26,31)(H,27,32)(H2,24,25,28). The third-order valence-corrected chi connectivity index (χ3v) is 4.88. The molecule has 0 fully saturated rings. The fraction of sp³-hybridized carbons (Fsp3) is 0.227. The van der Waals surface area contributed by atoms with Gasteiger partial charge in [0, 0.05) is 43.2 Å². The van der Waals surface area contributed by atoms with Crippen LogP contribution in [0.25, 0.3) is 11.3 Å². The van der Waals surface area contributed by atoms with Crippen molar-refractivity contribution >= 4 is 11.9 Å². The second kappa shape index (κ2) is 9.38. The zero-order valence-corrected chi connectivity index (χ0v) is 17.4. The first-order valence-electron chi connectivity index (χ1n) is 10.1. The molecule has 32 heavy (non-hydrogen) atoms. The van der Waals surface area contributed by atoms with Crippen molar-refractivity contribution in [3.05, 3.63) is 81.4 Å². The van der Waals surface area contributed by atoms with Gasteiger partial charge >= 0.3 is 0 Å². The Kier molecular flexibility index (Phi) is 6.20. The molecular formula is C22H22FN7O2. The molecule has 0 saturated heterocycles. The lowest BCUT2D eigenvalue weighted by atomic mass is 10.1. The normalized spacial score (nSPS) is 12.8. The molecule has 0 spiro atoms. The third-order valence-electron chi connectivity index (χ3n) is 4.88. The van der Waals surface area contributed by atoms with E-state index >= 15 is 0 Å². The van der Waals surface area contributed by atoms with Gasteiger partial charge in [-0.15, -0.1) is 0 Å². The van der Waals surface area contributed by atoms with E-state index in [0.29, 0.717) is 36.0 Å². The van der Waals surface area contributed by atoms with Crippen molar-refractivity contribution in [3.8, 4) is 11.3 Å². The van der Waals surface area contributed by atoms with Gasteiger partial charge in [-0.2, -0.15) is 4.39 Å². The second-order valence-electron chi connectivity index (χ2n) is 7.27. The van der Waals surface area contributed by atoms with Crippen molar-refractivity contribution in [1.82, 2.24) is 30.9 Å². The van der Waals surface area contributed by atoms with E-state index in [2.05, 4.69) is 35.9 Å². The number of hydrogen-bond donors (Lipinski definition) is 4. The Morgan fingerprint density at radius 3 is 2.72 bits per heavy atom. The Morgan fingerprint density at radius 1 is 1.12 bits per heavy atom. The molecule has 0 aromatic carbocycles. The number of guanidine groups is 1. The van der Waals surface area contributed by atoms with Crippen LogP contribution in [0.15, 0.2) is 52.4 Å². The quantitative estimate of drug-likeness (QED) is 0.432. The van der Waals surface area contributed by atoms with E-state index in [0.717, 1.165) is 17.7 Å².